The van der Waals surface area contributed by atoms with Crippen LogP contribution in [0.1, 0.15) is 0 Å². The standard InChI is InChI=1S/C9H19O11P/c10-1-3(11)2-19-21(17,18)20-9-7(15)5(13)4(12)6(14)8(9)16/h3-16H,1-2H2,(H,17,18)/t3?,4?,5-,6+,7-,8-,9?/m0/s1. The molecule has 1 aliphatic rings. The first-order chi connectivity index (χ1) is 9.60. The van der Waals surface area contributed by atoms with Crippen LogP contribution >= 0.6 is 7.82 Å². The Morgan fingerprint density at radius 2 is 1.38 bits per heavy atom. The summed E-state index contributed by atoms with van der Waals surface area (Å²) in [6.45, 7) is -1.50. The molecule has 1 rings (SSSR count). The minimum atomic E-state index is -4.87. The normalized spacial score (nSPS) is 41.5. The van der Waals surface area contributed by atoms with Crippen LogP contribution in [0.4, 0.5) is 0 Å². The summed E-state index contributed by atoms with van der Waals surface area (Å²) in [7, 11) is -4.87. The molecular formula is C9H19O11P. The summed E-state index contributed by atoms with van der Waals surface area (Å²) < 4.78 is 20.3. The Labute approximate surface area is 119 Å². The highest BCUT2D eigenvalue weighted by molar-refractivity contribution is 7.47. The van der Waals surface area contributed by atoms with Gasteiger partial charge in [0, 0.05) is 0 Å². The molecular weight excluding hydrogens is 315 g/mol. The molecule has 4 unspecified atom stereocenters. The second-order valence-corrected chi connectivity index (χ2v) is 6.03. The maximum Gasteiger partial charge on any atom is 0.472 e. The quantitative estimate of drug-likeness (QED) is 0.218. The molecule has 0 aromatic carbocycles. The summed E-state index contributed by atoms with van der Waals surface area (Å²) in [5.74, 6) is 0. The molecule has 0 spiro atoms. The van der Waals surface area contributed by atoms with Gasteiger partial charge >= 0.3 is 7.82 Å². The lowest BCUT2D eigenvalue weighted by Crippen LogP contribution is -2.64. The van der Waals surface area contributed by atoms with Crippen molar-refractivity contribution in [2.75, 3.05) is 13.2 Å². The van der Waals surface area contributed by atoms with Gasteiger partial charge in [-0.15, -0.1) is 0 Å². The first-order valence-electron chi connectivity index (χ1n) is 5.95. The predicted octanol–water partition coefficient (Wildman–Crippen LogP) is -4.34. The third-order valence-corrected chi connectivity index (χ3v) is 3.95. The average molecular weight is 334 g/mol. The van der Waals surface area contributed by atoms with Crippen LogP contribution in [0, 0.1) is 0 Å². The van der Waals surface area contributed by atoms with Crippen molar-refractivity contribution in [3.8, 4) is 0 Å². The number of aliphatic hydroxyl groups excluding tert-OH is 7. The van der Waals surface area contributed by atoms with Gasteiger partial charge in [-0.05, 0) is 0 Å². The number of phosphoric acid groups is 1. The second-order valence-electron chi connectivity index (χ2n) is 4.62. The molecule has 11 nitrogen and oxygen atoms in total. The molecule has 12 heteroatoms. The van der Waals surface area contributed by atoms with E-state index in [4.69, 9.17) is 10.2 Å². The summed E-state index contributed by atoms with van der Waals surface area (Å²) in [4.78, 5) is 9.36. The summed E-state index contributed by atoms with van der Waals surface area (Å²) >= 11 is 0. The minimum Gasteiger partial charge on any atom is -0.394 e. The van der Waals surface area contributed by atoms with Gasteiger partial charge in [0.1, 0.15) is 42.7 Å². The topological polar surface area (TPSA) is 197 Å². The van der Waals surface area contributed by atoms with E-state index in [1.807, 2.05) is 0 Å². The number of hydrogen-bond acceptors (Lipinski definition) is 10. The largest absolute Gasteiger partial charge is 0.472 e. The lowest BCUT2D eigenvalue weighted by Gasteiger charge is -2.41. The number of hydrogen-bond donors (Lipinski definition) is 8. The van der Waals surface area contributed by atoms with Gasteiger partial charge in [0.25, 0.3) is 0 Å². The molecule has 0 amide bonds. The van der Waals surface area contributed by atoms with Crippen LogP contribution in [-0.2, 0) is 13.6 Å². The van der Waals surface area contributed by atoms with Crippen LogP contribution in [0.25, 0.3) is 0 Å². The summed E-state index contributed by atoms with van der Waals surface area (Å²) in [6, 6.07) is 0. The van der Waals surface area contributed by atoms with E-state index in [0.717, 1.165) is 0 Å². The third-order valence-electron chi connectivity index (χ3n) is 2.97. The van der Waals surface area contributed by atoms with Crippen molar-refractivity contribution >= 4 is 7.82 Å². The Morgan fingerprint density at radius 3 is 1.81 bits per heavy atom. The van der Waals surface area contributed by atoms with Crippen LogP contribution in [0.15, 0.2) is 0 Å². The van der Waals surface area contributed by atoms with E-state index in [9.17, 15) is 35.0 Å². The zero-order valence-corrected chi connectivity index (χ0v) is 11.6. The SMILES string of the molecule is O=P(O)(OCC(O)CO)OC1[C@@H](O)[C@H](O)C(O)[C@H](O)[C@@H]1O. The Balaban J connectivity index is 2.72. The van der Waals surface area contributed by atoms with E-state index in [1.54, 1.807) is 0 Å². The fourth-order valence-corrected chi connectivity index (χ4v) is 2.72. The number of phosphoric ester groups is 1. The van der Waals surface area contributed by atoms with Crippen molar-refractivity contribution in [2.24, 2.45) is 0 Å². The van der Waals surface area contributed by atoms with Gasteiger partial charge in [-0.25, -0.2) is 4.57 Å². The fraction of sp³-hybridized carbons (Fsp3) is 1.00. The van der Waals surface area contributed by atoms with Gasteiger partial charge in [-0.3, -0.25) is 9.05 Å². The van der Waals surface area contributed by atoms with Crippen LogP contribution in [-0.4, -0.2) is 96.6 Å². The molecule has 0 heterocycles. The van der Waals surface area contributed by atoms with Gasteiger partial charge in [0.05, 0.1) is 13.2 Å². The lowest BCUT2D eigenvalue weighted by atomic mass is 9.85. The van der Waals surface area contributed by atoms with Crippen molar-refractivity contribution in [2.45, 2.75) is 42.7 Å². The maximum absolute atomic E-state index is 11.6. The molecule has 1 aliphatic carbocycles. The third kappa shape index (κ3) is 4.65. The second kappa shape index (κ2) is 7.40. The highest BCUT2D eigenvalue weighted by Gasteiger charge is 2.51. The van der Waals surface area contributed by atoms with Crippen LogP contribution in [0.5, 0.6) is 0 Å². The minimum absolute atomic E-state index is 0.738. The van der Waals surface area contributed by atoms with E-state index in [2.05, 4.69) is 9.05 Å². The van der Waals surface area contributed by atoms with Gasteiger partial charge in [0.15, 0.2) is 0 Å². The molecule has 21 heavy (non-hydrogen) atoms. The van der Waals surface area contributed by atoms with E-state index in [-0.39, 0.29) is 0 Å². The lowest BCUT2D eigenvalue weighted by molar-refractivity contribution is -0.220. The smallest absolute Gasteiger partial charge is 0.394 e. The summed E-state index contributed by atoms with van der Waals surface area (Å²) in [6.07, 6.45) is -13.0. The van der Waals surface area contributed by atoms with Crippen LogP contribution in [0.3, 0.4) is 0 Å². The van der Waals surface area contributed by atoms with Crippen LogP contribution < -0.4 is 0 Å². The Morgan fingerprint density at radius 1 is 0.952 bits per heavy atom. The molecule has 8 atom stereocenters. The van der Waals surface area contributed by atoms with E-state index < -0.39 is 63.8 Å². The molecule has 0 bridgehead atoms. The van der Waals surface area contributed by atoms with E-state index in [0.29, 0.717) is 0 Å². The molecule has 0 saturated heterocycles. The highest BCUT2D eigenvalue weighted by atomic mass is 31.2. The van der Waals surface area contributed by atoms with Crippen molar-refractivity contribution in [3.63, 3.8) is 0 Å². The number of rotatable bonds is 6. The molecule has 0 aromatic rings. The van der Waals surface area contributed by atoms with Crippen molar-refractivity contribution in [1.82, 2.24) is 0 Å². The predicted molar refractivity (Wildman–Crippen MR) is 63.8 cm³/mol. The molecule has 0 radical (unpaired) electrons. The molecule has 1 saturated carbocycles. The fourth-order valence-electron chi connectivity index (χ4n) is 1.74. The van der Waals surface area contributed by atoms with E-state index in [1.165, 1.54) is 0 Å². The summed E-state index contributed by atoms with van der Waals surface area (Å²) in [5, 5.41) is 64.8. The van der Waals surface area contributed by atoms with Gasteiger partial charge in [-0.2, -0.15) is 0 Å². The molecule has 1 fully saturated rings. The Bertz CT molecular complexity index is 363. The Kier molecular flexibility index (Phi) is 6.65. The van der Waals surface area contributed by atoms with Gasteiger partial charge in [0.2, 0.25) is 0 Å². The number of aliphatic hydroxyl groups is 7. The first-order valence-corrected chi connectivity index (χ1v) is 7.45. The average Bonchev–Trinajstić information content (AvgIpc) is 2.45. The molecule has 0 aromatic heterocycles. The van der Waals surface area contributed by atoms with Crippen molar-refractivity contribution in [3.05, 3.63) is 0 Å². The van der Waals surface area contributed by atoms with Crippen molar-refractivity contribution in [1.29, 1.82) is 0 Å². The van der Waals surface area contributed by atoms with Crippen LogP contribution in [0.2, 0.25) is 0 Å². The van der Waals surface area contributed by atoms with Crippen molar-refractivity contribution < 1.29 is 54.3 Å². The first kappa shape index (κ1) is 18.9. The van der Waals surface area contributed by atoms with Gasteiger partial charge in [-0.1, -0.05) is 0 Å². The molecule has 126 valence electrons. The Hall–Kier alpha value is -0.170. The monoisotopic (exact) mass is 334 g/mol. The zero-order valence-electron chi connectivity index (χ0n) is 10.7. The van der Waals surface area contributed by atoms with E-state index >= 15 is 0 Å². The zero-order chi connectivity index (χ0) is 16.4. The highest BCUT2D eigenvalue weighted by Crippen LogP contribution is 2.46. The van der Waals surface area contributed by atoms with Gasteiger partial charge < -0.3 is 40.6 Å². The summed E-state index contributed by atoms with van der Waals surface area (Å²) in [5.41, 5.74) is 0. The molecule has 0 aliphatic heterocycles. The molecule has 8 N–H and O–H groups in total. The maximum atomic E-state index is 11.6.